The molecule has 1 aromatic carbocycles. The summed E-state index contributed by atoms with van der Waals surface area (Å²) in [5.41, 5.74) is 3.23. The molecule has 9 nitrogen and oxygen atoms in total. The van der Waals surface area contributed by atoms with Gasteiger partial charge in [-0.05, 0) is 43.4 Å². The van der Waals surface area contributed by atoms with Gasteiger partial charge in [0.25, 0.3) is 5.56 Å². The largest absolute Gasteiger partial charge is 0.371 e. The zero-order chi connectivity index (χ0) is 25.1. The number of benzene rings is 1. The van der Waals surface area contributed by atoms with E-state index in [1.807, 2.05) is 16.7 Å². The number of aromatic amines is 1. The summed E-state index contributed by atoms with van der Waals surface area (Å²) in [4.78, 5) is 47.5. The van der Waals surface area contributed by atoms with Gasteiger partial charge in [-0.3, -0.25) is 19.1 Å². The number of rotatable bonds is 10. The summed E-state index contributed by atoms with van der Waals surface area (Å²) in [6.07, 6.45) is 3.37. The summed E-state index contributed by atoms with van der Waals surface area (Å²) in [6.45, 7) is 11.4. The van der Waals surface area contributed by atoms with Crippen LogP contribution in [-0.2, 0) is 30.7 Å². The summed E-state index contributed by atoms with van der Waals surface area (Å²) in [6, 6.07) is 6.09. The van der Waals surface area contributed by atoms with Crippen molar-refractivity contribution in [1.29, 1.82) is 0 Å². The van der Waals surface area contributed by atoms with Crippen LogP contribution in [0.3, 0.4) is 0 Å². The number of hydrogen-bond acceptors (Lipinski definition) is 5. The molecule has 0 saturated carbocycles. The van der Waals surface area contributed by atoms with Crippen molar-refractivity contribution in [2.24, 2.45) is 5.92 Å². The molecule has 3 heterocycles. The summed E-state index contributed by atoms with van der Waals surface area (Å²) >= 11 is 0. The van der Waals surface area contributed by atoms with Gasteiger partial charge in [-0.1, -0.05) is 33.3 Å². The maximum atomic E-state index is 12.8. The van der Waals surface area contributed by atoms with Crippen LogP contribution < -0.4 is 21.5 Å². The van der Waals surface area contributed by atoms with E-state index in [1.54, 1.807) is 4.57 Å². The van der Waals surface area contributed by atoms with Gasteiger partial charge < -0.3 is 14.8 Å². The molecule has 1 aliphatic rings. The molecule has 2 N–H and O–H groups in total. The highest BCUT2D eigenvalue weighted by atomic mass is 16.2. The van der Waals surface area contributed by atoms with E-state index in [2.05, 4.69) is 49.0 Å². The number of unbranched alkanes of at least 4 members (excludes halogenated alkanes) is 1. The number of carbonyl (C=O) groups excluding carboxylic acids is 1. The Kier molecular flexibility index (Phi) is 7.42. The Morgan fingerprint density at radius 2 is 2.00 bits per heavy atom. The van der Waals surface area contributed by atoms with Gasteiger partial charge in [0.05, 0.1) is 0 Å². The third-order valence-electron chi connectivity index (χ3n) is 6.57. The standard InChI is InChI=1S/C26H36N6O3/c1-5-7-13-31-24-23(25(34)29-26(31)35)32(16-17(3)4)21(28-24)10-11-22(33)27-19-9-8-18-12-14-30(6-2)20(18)15-19/h8-9,15,17H,5-7,10-14,16H2,1-4H3,(H,27,33)(H,29,34,35). The molecule has 4 rings (SSSR count). The van der Waals surface area contributed by atoms with Crippen LogP contribution in [-0.4, -0.2) is 38.1 Å². The lowest BCUT2D eigenvalue weighted by Gasteiger charge is -2.17. The maximum absolute atomic E-state index is 12.8. The van der Waals surface area contributed by atoms with E-state index in [9.17, 15) is 14.4 Å². The van der Waals surface area contributed by atoms with Crippen molar-refractivity contribution in [3.63, 3.8) is 0 Å². The molecule has 9 heteroatoms. The first-order valence-corrected chi connectivity index (χ1v) is 12.7. The quantitative estimate of drug-likeness (QED) is 0.463. The van der Waals surface area contributed by atoms with Gasteiger partial charge in [0.1, 0.15) is 5.82 Å². The van der Waals surface area contributed by atoms with Crippen LogP contribution in [0.1, 0.15) is 58.3 Å². The van der Waals surface area contributed by atoms with Crippen molar-refractivity contribution >= 4 is 28.4 Å². The number of aromatic nitrogens is 4. The van der Waals surface area contributed by atoms with Crippen LogP contribution in [0.4, 0.5) is 11.4 Å². The van der Waals surface area contributed by atoms with Crippen LogP contribution in [0.25, 0.3) is 11.2 Å². The number of aryl methyl sites for hydroxylation is 2. The molecule has 2 aromatic heterocycles. The van der Waals surface area contributed by atoms with Crippen molar-refractivity contribution in [2.75, 3.05) is 23.3 Å². The molecule has 1 amide bonds. The fourth-order valence-electron chi connectivity index (χ4n) is 4.79. The van der Waals surface area contributed by atoms with Gasteiger partial charge in [0.2, 0.25) is 5.91 Å². The van der Waals surface area contributed by atoms with E-state index < -0.39 is 11.2 Å². The third-order valence-corrected chi connectivity index (χ3v) is 6.57. The SMILES string of the molecule is CCCCn1c(=O)[nH]c(=O)c2c1nc(CCC(=O)Nc1ccc3c(c1)N(CC)CC3)n2CC(C)C. The van der Waals surface area contributed by atoms with Crippen molar-refractivity contribution < 1.29 is 4.79 Å². The second kappa shape index (κ2) is 10.5. The van der Waals surface area contributed by atoms with Gasteiger partial charge in [0, 0.05) is 50.4 Å². The molecule has 0 aliphatic carbocycles. The molecule has 3 aromatic rings. The zero-order valence-electron chi connectivity index (χ0n) is 21.2. The van der Waals surface area contributed by atoms with Crippen LogP contribution in [0.2, 0.25) is 0 Å². The number of imidazole rings is 1. The van der Waals surface area contributed by atoms with E-state index >= 15 is 0 Å². The topological polar surface area (TPSA) is 105 Å². The van der Waals surface area contributed by atoms with Crippen molar-refractivity contribution in [1.82, 2.24) is 19.1 Å². The van der Waals surface area contributed by atoms with Crippen LogP contribution in [0.15, 0.2) is 27.8 Å². The Morgan fingerprint density at radius 1 is 1.20 bits per heavy atom. The summed E-state index contributed by atoms with van der Waals surface area (Å²) in [7, 11) is 0. The predicted molar refractivity (Wildman–Crippen MR) is 139 cm³/mol. The first kappa shape index (κ1) is 24.8. The molecule has 0 radical (unpaired) electrons. The second-order valence-electron chi connectivity index (χ2n) is 9.69. The molecule has 188 valence electrons. The second-order valence-corrected chi connectivity index (χ2v) is 9.69. The van der Waals surface area contributed by atoms with Crippen LogP contribution in [0.5, 0.6) is 0 Å². The van der Waals surface area contributed by atoms with Gasteiger partial charge in [-0.15, -0.1) is 0 Å². The average molecular weight is 481 g/mol. The first-order valence-electron chi connectivity index (χ1n) is 12.7. The normalized spacial score (nSPS) is 13.1. The molecule has 0 spiro atoms. The number of carbonyl (C=O) groups is 1. The Labute approximate surface area is 205 Å². The Bertz CT molecular complexity index is 1330. The van der Waals surface area contributed by atoms with Gasteiger partial charge in [-0.25, -0.2) is 9.78 Å². The van der Waals surface area contributed by atoms with E-state index in [-0.39, 0.29) is 18.2 Å². The highest BCUT2D eigenvalue weighted by Gasteiger charge is 2.21. The fraction of sp³-hybridized carbons (Fsp3) is 0.538. The highest BCUT2D eigenvalue weighted by Crippen LogP contribution is 2.30. The number of amides is 1. The van der Waals surface area contributed by atoms with E-state index in [0.717, 1.165) is 38.0 Å². The lowest BCUT2D eigenvalue weighted by molar-refractivity contribution is -0.116. The zero-order valence-corrected chi connectivity index (χ0v) is 21.2. The lowest BCUT2D eigenvalue weighted by atomic mass is 10.1. The minimum Gasteiger partial charge on any atom is -0.371 e. The molecule has 0 saturated heterocycles. The lowest BCUT2D eigenvalue weighted by Crippen LogP contribution is -2.31. The molecule has 0 unspecified atom stereocenters. The number of nitrogens with one attached hydrogen (secondary N) is 2. The van der Waals surface area contributed by atoms with E-state index in [0.29, 0.717) is 36.5 Å². The summed E-state index contributed by atoms with van der Waals surface area (Å²) in [5.74, 6) is 0.811. The number of anilines is 2. The van der Waals surface area contributed by atoms with Gasteiger partial charge in [0.15, 0.2) is 11.2 Å². The van der Waals surface area contributed by atoms with Gasteiger partial charge in [-0.2, -0.15) is 0 Å². The van der Waals surface area contributed by atoms with Gasteiger partial charge >= 0.3 is 5.69 Å². The molecule has 1 aliphatic heterocycles. The minimum absolute atomic E-state index is 0.105. The first-order chi connectivity index (χ1) is 16.8. The average Bonchev–Trinajstić information content (AvgIpc) is 3.38. The molecule has 0 fully saturated rings. The van der Waals surface area contributed by atoms with Crippen molar-refractivity contribution in [2.45, 2.75) is 72.9 Å². The highest BCUT2D eigenvalue weighted by molar-refractivity contribution is 5.91. The fourth-order valence-corrected chi connectivity index (χ4v) is 4.79. The van der Waals surface area contributed by atoms with Crippen molar-refractivity contribution in [3.8, 4) is 0 Å². The summed E-state index contributed by atoms with van der Waals surface area (Å²) < 4.78 is 3.42. The van der Waals surface area contributed by atoms with E-state index in [4.69, 9.17) is 4.98 Å². The van der Waals surface area contributed by atoms with E-state index in [1.165, 1.54) is 11.3 Å². The number of H-pyrrole nitrogens is 1. The summed E-state index contributed by atoms with van der Waals surface area (Å²) in [5, 5.41) is 3.01. The van der Waals surface area contributed by atoms with Crippen molar-refractivity contribution in [3.05, 3.63) is 50.4 Å². The Balaban J connectivity index is 1.58. The molecular formula is C26H36N6O3. The third kappa shape index (κ3) is 5.18. The molecule has 0 bridgehead atoms. The Hall–Kier alpha value is -3.36. The molecule has 0 atom stereocenters. The van der Waals surface area contributed by atoms with Crippen LogP contribution >= 0.6 is 0 Å². The maximum Gasteiger partial charge on any atom is 0.330 e. The molecular weight excluding hydrogens is 444 g/mol. The van der Waals surface area contributed by atoms with Crippen LogP contribution in [0, 0.1) is 5.92 Å². The smallest absolute Gasteiger partial charge is 0.330 e. The Morgan fingerprint density at radius 3 is 2.71 bits per heavy atom. The number of fused-ring (bicyclic) bond motifs is 2. The number of hydrogen-bond donors (Lipinski definition) is 2. The number of likely N-dealkylation sites (N-methyl/N-ethyl adjacent to an activating group) is 1. The molecule has 35 heavy (non-hydrogen) atoms. The number of nitrogens with zero attached hydrogens (tertiary/aromatic N) is 4. The monoisotopic (exact) mass is 480 g/mol. The minimum atomic E-state index is -0.438. The predicted octanol–water partition coefficient (Wildman–Crippen LogP) is 3.30.